The lowest BCUT2D eigenvalue weighted by Crippen LogP contribution is -2.46. The lowest BCUT2D eigenvalue weighted by molar-refractivity contribution is -0.870. The summed E-state index contributed by atoms with van der Waals surface area (Å²) in [7, 11) is 1.55. The first kappa shape index (κ1) is 40.2. The predicted molar refractivity (Wildman–Crippen MR) is 175 cm³/mol. The molecular weight excluding hydrogens is 551 g/mol. The second kappa shape index (κ2) is 25.7. The van der Waals surface area contributed by atoms with Crippen molar-refractivity contribution in [3.63, 3.8) is 0 Å². The highest BCUT2D eigenvalue weighted by Crippen LogP contribution is 2.43. The molecule has 0 saturated carbocycles. The number of allylic oxidation sites excluding steroid dienone is 10. The van der Waals surface area contributed by atoms with Gasteiger partial charge in [-0.2, -0.15) is 0 Å². The van der Waals surface area contributed by atoms with Crippen LogP contribution in [0.25, 0.3) is 0 Å². The van der Waals surface area contributed by atoms with Gasteiger partial charge in [-0.1, -0.05) is 93.9 Å². The molecule has 242 valence electrons. The Kier molecular flexibility index (Phi) is 24.6. The van der Waals surface area contributed by atoms with Crippen LogP contribution < -0.4 is 5.32 Å². The van der Waals surface area contributed by atoms with Crippen molar-refractivity contribution < 1.29 is 32.9 Å². The van der Waals surface area contributed by atoms with Crippen LogP contribution in [0.1, 0.15) is 90.9 Å². The van der Waals surface area contributed by atoms with Crippen molar-refractivity contribution in [1.29, 1.82) is 0 Å². The van der Waals surface area contributed by atoms with Crippen LogP contribution in [-0.4, -0.2) is 73.4 Å². The van der Waals surface area contributed by atoms with Crippen LogP contribution in [0.15, 0.2) is 60.8 Å². The molecule has 0 spiro atoms. The van der Waals surface area contributed by atoms with E-state index in [9.17, 15) is 19.4 Å². The number of phosphoric ester groups is 1. The van der Waals surface area contributed by atoms with Crippen LogP contribution in [0.2, 0.25) is 0 Å². The summed E-state index contributed by atoms with van der Waals surface area (Å²) < 4.78 is 23.1. The number of hydrogen-bond donors (Lipinski definition) is 3. The van der Waals surface area contributed by atoms with E-state index in [0.717, 1.165) is 57.8 Å². The van der Waals surface area contributed by atoms with Gasteiger partial charge in [0.1, 0.15) is 13.2 Å². The third-order valence-corrected chi connectivity index (χ3v) is 7.26. The predicted octanol–water partition coefficient (Wildman–Crippen LogP) is 7.17. The zero-order chi connectivity index (χ0) is 31.5. The fourth-order valence-corrected chi connectivity index (χ4v) is 4.46. The molecule has 0 aromatic carbocycles. The fourth-order valence-electron chi connectivity index (χ4n) is 3.72. The molecule has 8 nitrogen and oxygen atoms in total. The van der Waals surface area contributed by atoms with Crippen LogP contribution in [0.5, 0.6) is 0 Å². The van der Waals surface area contributed by atoms with Gasteiger partial charge in [0.15, 0.2) is 0 Å². The number of likely N-dealkylation sites (N-methyl/N-ethyl adjacent to an activating group) is 1. The lowest BCUT2D eigenvalue weighted by atomic mass is 10.0. The number of carbonyl (C=O) groups is 1. The molecule has 0 rings (SSSR count). The Labute approximate surface area is 256 Å². The molecule has 9 heteroatoms. The molecule has 3 atom stereocenters. The maximum atomic E-state index is 12.6. The molecule has 0 aliphatic carbocycles. The Balaban J connectivity index is 4.41. The van der Waals surface area contributed by atoms with Crippen LogP contribution >= 0.6 is 7.82 Å². The third-order valence-electron chi connectivity index (χ3n) is 6.28. The van der Waals surface area contributed by atoms with Gasteiger partial charge in [0, 0.05) is 6.42 Å². The molecular formula is C33H60N2O6P+. The quantitative estimate of drug-likeness (QED) is 0.0414. The molecule has 3 N–H and O–H groups in total. The molecule has 0 saturated heterocycles. The highest BCUT2D eigenvalue weighted by atomic mass is 31.2. The number of amides is 1. The first-order valence-electron chi connectivity index (χ1n) is 15.7. The Bertz CT molecular complexity index is 876. The van der Waals surface area contributed by atoms with Crippen molar-refractivity contribution >= 4 is 13.7 Å². The molecule has 0 fully saturated rings. The summed E-state index contributed by atoms with van der Waals surface area (Å²) in [6.07, 6.45) is 30.4. The highest BCUT2D eigenvalue weighted by molar-refractivity contribution is 7.47. The number of phosphoric acid groups is 1. The number of aliphatic hydroxyl groups is 1. The van der Waals surface area contributed by atoms with E-state index in [1.165, 1.54) is 0 Å². The molecule has 1 amide bonds. The fraction of sp³-hybridized carbons (Fsp3) is 0.667. The van der Waals surface area contributed by atoms with Crippen molar-refractivity contribution in [2.24, 2.45) is 0 Å². The van der Waals surface area contributed by atoms with Gasteiger partial charge in [-0.15, -0.1) is 0 Å². The summed E-state index contributed by atoms with van der Waals surface area (Å²) >= 11 is 0. The second-order valence-corrected chi connectivity index (χ2v) is 12.9. The minimum absolute atomic E-state index is 0.0587. The summed E-state index contributed by atoms with van der Waals surface area (Å²) in [6.45, 7) is 4.50. The standard InChI is InChI=1S/C33H59N2O6P/c1-6-8-10-11-12-13-14-15-16-17-18-19-20-21-22-23-25-27-33(37)34-31(32(36)26-24-9-7-2)30-41-42(38,39)40-29-28-35(3,4)5/h8,10,12-13,15-16,18-19,21-22,31-32,36H,6-7,9,11,14,17,20,23-30H2,1-5H3,(H-,34,37,38,39)/p+1/b10-8-,13-12-,16-15-,19-18-,22-21-. The number of carbonyl (C=O) groups excluding carboxylic acids is 1. The van der Waals surface area contributed by atoms with Gasteiger partial charge >= 0.3 is 7.82 Å². The van der Waals surface area contributed by atoms with E-state index in [2.05, 4.69) is 79.9 Å². The molecule has 0 radical (unpaired) electrons. The molecule has 0 heterocycles. The van der Waals surface area contributed by atoms with E-state index in [-0.39, 0.29) is 19.1 Å². The van der Waals surface area contributed by atoms with E-state index >= 15 is 0 Å². The van der Waals surface area contributed by atoms with Gasteiger partial charge in [-0.3, -0.25) is 13.8 Å². The lowest BCUT2D eigenvalue weighted by Gasteiger charge is -2.26. The summed E-state index contributed by atoms with van der Waals surface area (Å²) in [5.41, 5.74) is 0. The molecule has 42 heavy (non-hydrogen) atoms. The maximum Gasteiger partial charge on any atom is 0.472 e. The summed E-state index contributed by atoms with van der Waals surface area (Å²) in [5, 5.41) is 13.4. The van der Waals surface area contributed by atoms with E-state index in [1.807, 2.05) is 21.1 Å². The number of nitrogens with zero attached hydrogens (tertiary/aromatic N) is 1. The summed E-state index contributed by atoms with van der Waals surface area (Å²) in [6, 6.07) is -0.787. The van der Waals surface area contributed by atoms with Crippen molar-refractivity contribution in [3.05, 3.63) is 60.8 Å². The second-order valence-electron chi connectivity index (χ2n) is 11.4. The SMILES string of the molecule is CC/C=C\C/C=C\C/C=C\C/C=C\C/C=C\CCCC(=O)NC(COP(=O)(O)OCC[N+](C)(C)C)C(O)CCCCC. The van der Waals surface area contributed by atoms with Crippen LogP contribution in [0, 0.1) is 0 Å². The number of hydrogen-bond acceptors (Lipinski definition) is 5. The van der Waals surface area contributed by atoms with E-state index in [0.29, 0.717) is 30.3 Å². The number of unbranched alkanes of at least 4 members (excludes halogenated alkanes) is 3. The van der Waals surface area contributed by atoms with Gasteiger partial charge in [-0.05, 0) is 51.4 Å². The first-order chi connectivity index (χ1) is 20.0. The van der Waals surface area contributed by atoms with Crippen molar-refractivity contribution in [2.45, 2.75) is 103 Å². The molecule has 0 aliphatic rings. The monoisotopic (exact) mass is 611 g/mol. The highest BCUT2D eigenvalue weighted by Gasteiger charge is 2.28. The normalized spacial score (nSPS) is 15.9. The van der Waals surface area contributed by atoms with Crippen LogP contribution in [0.3, 0.4) is 0 Å². The Morgan fingerprint density at radius 2 is 1.38 bits per heavy atom. The van der Waals surface area contributed by atoms with Gasteiger partial charge in [0.25, 0.3) is 0 Å². The summed E-state index contributed by atoms with van der Waals surface area (Å²) in [4.78, 5) is 22.6. The number of quaternary nitrogens is 1. The largest absolute Gasteiger partial charge is 0.472 e. The average Bonchev–Trinajstić information content (AvgIpc) is 2.92. The Hall–Kier alpha value is -1.80. The van der Waals surface area contributed by atoms with Crippen molar-refractivity contribution in [1.82, 2.24) is 5.32 Å². The van der Waals surface area contributed by atoms with Crippen molar-refractivity contribution in [2.75, 3.05) is 40.9 Å². The minimum atomic E-state index is -4.30. The van der Waals surface area contributed by atoms with E-state index in [4.69, 9.17) is 9.05 Å². The van der Waals surface area contributed by atoms with Crippen LogP contribution in [0.4, 0.5) is 0 Å². The van der Waals surface area contributed by atoms with E-state index in [1.54, 1.807) is 0 Å². The first-order valence-corrected chi connectivity index (χ1v) is 17.1. The molecule has 0 aliphatic heterocycles. The van der Waals surface area contributed by atoms with Crippen LogP contribution in [-0.2, 0) is 18.4 Å². The number of aliphatic hydroxyl groups excluding tert-OH is 1. The van der Waals surface area contributed by atoms with Gasteiger partial charge in [-0.25, -0.2) is 4.57 Å². The molecule has 0 aromatic rings. The number of nitrogens with one attached hydrogen (secondary N) is 1. The molecule has 3 unspecified atom stereocenters. The van der Waals surface area contributed by atoms with Gasteiger partial charge < -0.3 is 19.8 Å². The number of rotatable bonds is 26. The van der Waals surface area contributed by atoms with Gasteiger partial charge in [0.2, 0.25) is 5.91 Å². The van der Waals surface area contributed by atoms with Crippen molar-refractivity contribution in [3.8, 4) is 0 Å². The Morgan fingerprint density at radius 1 is 0.833 bits per heavy atom. The maximum absolute atomic E-state index is 12.6. The Morgan fingerprint density at radius 3 is 1.90 bits per heavy atom. The van der Waals surface area contributed by atoms with E-state index < -0.39 is 20.0 Å². The summed E-state index contributed by atoms with van der Waals surface area (Å²) in [5.74, 6) is -0.218. The minimum Gasteiger partial charge on any atom is -0.391 e. The third kappa shape index (κ3) is 27.1. The molecule has 0 aromatic heterocycles. The zero-order valence-electron chi connectivity index (χ0n) is 27.0. The molecule has 0 bridgehead atoms. The zero-order valence-corrected chi connectivity index (χ0v) is 27.9. The van der Waals surface area contributed by atoms with Gasteiger partial charge in [0.05, 0.1) is 39.9 Å². The smallest absolute Gasteiger partial charge is 0.391 e. The topological polar surface area (TPSA) is 105 Å². The average molecular weight is 612 g/mol.